The standard InChI is InChI=1S/C27H39N3O/c1-20(2)19-21-10-12-22(13-11-21)27(31)25(3,4)24(26(27,5)6)30-17-15-29(16-18-30)23-9-7-8-14-28-23/h7-14,20,24,31H,15-19H2,1-6H3/t24-,27+. The second-order valence-electron chi connectivity index (χ2n) is 11.1. The van der Waals surface area contributed by atoms with Crippen molar-refractivity contribution in [2.75, 3.05) is 31.1 Å². The monoisotopic (exact) mass is 421 g/mol. The van der Waals surface area contributed by atoms with Crippen LogP contribution in [0.3, 0.4) is 0 Å². The first kappa shape index (κ1) is 22.3. The summed E-state index contributed by atoms with van der Waals surface area (Å²) in [5.41, 5.74) is 1.09. The van der Waals surface area contributed by atoms with E-state index in [9.17, 15) is 5.11 Å². The molecule has 0 radical (unpaired) electrons. The normalized spacial score (nSPS) is 27.9. The van der Waals surface area contributed by atoms with Gasteiger partial charge in [0.05, 0.1) is 0 Å². The van der Waals surface area contributed by atoms with Crippen molar-refractivity contribution in [3.05, 3.63) is 59.8 Å². The fourth-order valence-corrected chi connectivity index (χ4v) is 6.81. The Kier molecular flexibility index (Phi) is 5.68. The minimum atomic E-state index is -0.848. The van der Waals surface area contributed by atoms with Crippen molar-refractivity contribution in [3.8, 4) is 0 Å². The highest BCUT2D eigenvalue weighted by Gasteiger charge is 2.73. The quantitative estimate of drug-likeness (QED) is 0.758. The van der Waals surface area contributed by atoms with Crippen molar-refractivity contribution in [1.29, 1.82) is 0 Å². The largest absolute Gasteiger partial charge is 0.384 e. The van der Waals surface area contributed by atoms with Crippen molar-refractivity contribution in [2.24, 2.45) is 16.7 Å². The van der Waals surface area contributed by atoms with Crippen LogP contribution in [0.25, 0.3) is 0 Å². The zero-order chi connectivity index (χ0) is 22.4. The van der Waals surface area contributed by atoms with Crippen LogP contribution in [0, 0.1) is 16.7 Å². The summed E-state index contributed by atoms with van der Waals surface area (Å²) in [4.78, 5) is 9.49. The summed E-state index contributed by atoms with van der Waals surface area (Å²) in [6.45, 7) is 17.4. The molecule has 2 heterocycles. The molecule has 0 bridgehead atoms. The maximum absolute atomic E-state index is 12.1. The van der Waals surface area contributed by atoms with Crippen molar-refractivity contribution in [1.82, 2.24) is 9.88 Å². The van der Waals surface area contributed by atoms with Gasteiger partial charge in [-0.2, -0.15) is 0 Å². The third-order valence-electron chi connectivity index (χ3n) is 7.90. The Bertz CT molecular complexity index is 864. The molecule has 31 heavy (non-hydrogen) atoms. The van der Waals surface area contributed by atoms with E-state index < -0.39 is 5.60 Å². The minimum Gasteiger partial charge on any atom is -0.384 e. The number of hydrogen-bond donors (Lipinski definition) is 1. The maximum Gasteiger partial charge on any atom is 0.128 e. The van der Waals surface area contributed by atoms with Crippen LogP contribution in [-0.4, -0.2) is 47.2 Å². The molecule has 1 aromatic carbocycles. The van der Waals surface area contributed by atoms with Gasteiger partial charge in [0.25, 0.3) is 0 Å². The molecule has 4 heteroatoms. The highest BCUT2D eigenvalue weighted by atomic mass is 16.3. The van der Waals surface area contributed by atoms with Crippen molar-refractivity contribution in [3.63, 3.8) is 0 Å². The van der Waals surface area contributed by atoms with Gasteiger partial charge in [-0.3, -0.25) is 4.90 Å². The Labute approximate surface area is 188 Å². The van der Waals surface area contributed by atoms with Gasteiger partial charge in [0.1, 0.15) is 11.4 Å². The molecule has 1 aromatic heterocycles. The van der Waals surface area contributed by atoms with Crippen molar-refractivity contribution in [2.45, 2.75) is 59.6 Å². The van der Waals surface area contributed by atoms with Gasteiger partial charge in [-0.25, -0.2) is 4.98 Å². The lowest BCUT2D eigenvalue weighted by Crippen LogP contribution is -2.79. The van der Waals surface area contributed by atoms with E-state index in [0.29, 0.717) is 12.0 Å². The molecule has 2 fully saturated rings. The van der Waals surface area contributed by atoms with Crippen molar-refractivity contribution >= 4 is 5.82 Å². The topological polar surface area (TPSA) is 39.6 Å². The van der Waals surface area contributed by atoms with Crippen molar-refractivity contribution < 1.29 is 5.11 Å². The summed E-state index contributed by atoms with van der Waals surface area (Å²) in [6, 6.07) is 15.2. The van der Waals surface area contributed by atoms with Crippen LogP contribution in [0.2, 0.25) is 0 Å². The number of hydrogen-bond acceptors (Lipinski definition) is 4. The first-order chi connectivity index (χ1) is 14.6. The zero-order valence-corrected chi connectivity index (χ0v) is 20.1. The summed E-state index contributed by atoms with van der Waals surface area (Å²) in [5, 5.41) is 12.1. The van der Waals surface area contributed by atoms with Gasteiger partial charge in [-0.05, 0) is 35.6 Å². The summed E-state index contributed by atoms with van der Waals surface area (Å²) in [6.07, 6.45) is 2.95. The molecule has 2 aliphatic rings. The Morgan fingerprint density at radius 1 is 0.935 bits per heavy atom. The number of piperazine rings is 1. The molecule has 0 spiro atoms. The van der Waals surface area contributed by atoms with Crippen LogP contribution in [0.1, 0.15) is 52.7 Å². The van der Waals surface area contributed by atoms with Gasteiger partial charge >= 0.3 is 0 Å². The average Bonchev–Trinajstić information content (AvgIpc) is 2.74. The molecule has 1 N–H and O–H groups in total. The van der Waals surface area contributed by atoms with Crippen LogP contribution >= 0.6 is 0 Å². The lowest BCUT2D eigenvalue weighted by molar-refractivity contribution is -0.307. The van der Waals surface area contributed by atoms with Gasteiger partial charge in [-0.15, -0.1) is 0 Å². The lowest BCUT2D eigenvalue weighted by atomic mass is 9.39. The van der Waals surface area contributed by atoms with E-state index in [4.69, 9.17) is 0 Å². The predicted octanol–water partition coefficient (Wildman–Crippen LogP) is 4.72. The highest BCUT2D eigenvalue weighted by Crippen LogP contribution is 2.68. The number of aromatic nitrogens is 1. The molecule has 1 aliphatic heterocycles. The minimum absolute atomic E-state index is 0.233. The smallest absolute Gasteiger partial charge is 0.128 e. The Balaban J connectivity index is 1.51. The molecule has 168 valence electrons. The fourth-order valence-electron chi connectivity index (χ4n) is 6.81. The lowest BCUT2D eigenvalue weighted by Gasteiger charge is -2.72. The Hall–Kier alpha value is -1.91. The van der Waals surface area contributed by atoms with E-state index >= 15 is 0 Å². The van der Waals surface area contributed by atoms with Crippen LogP contribution in [-0.2, 0) is 12.0 Å². The molecular formula is C27H39N3O. The molecule has 0 amide bonds. The summed E-state index contributed by atoms with van der Waals surface area (Å²) in [5.74, 6) is 1.70. The van der Waals surface area contributed by atoms with Crippen LogP contribution in [0.15, 0.2) is 48.7 Å². The maximum atomic E-state index is 12.1. The van der Waals surface area contributed by atoms with Crippen LogP contribution in [0.5, 0.6) is 0 Å². The molecule has 0 atom stereocenters. The molecular weight excluding hydrogens is 382 g/mol. The number of rotatable bonds is 5. The number of nitrogens with zero attached hydrogens (tertiary/aromatic N) is 3. The summed E-state index contributed by atoms with van der Waals surface area (Å²) < 4.78 is 0. The van der Waals surface area contributed by atoms with Gasteiger partial charge in [-0.1, -0.05) is 71.9 Å². The van der Waals surface area contributed by atoms with E-state index in [1.807, 2.05) is 12.3 Å². The SMILES string of the molecule is CC(C)Cc1ccc([C@]2(O)C(C)(C)[C@@H](N3CCN(c4ccccn4)CC3)C2(C)C)cc1. The number of pyridine rings is 1. The van der Waals surface area contributed by atoms with Gasteiger partial charge in [0.15, 0.2) is 0 Å². The third-order valence-corrected chi connectivity index (χ3v) is 7.90. The zero-order valence-electron chi connectivity index (χ0n) is 20.1. The number of aliphatic hydroxyl groups is 1. The number of benzene rings is 1. The van der Waals surface area contributed by atoms with E-state index in [0.717, 1.165) is 44.0 Å². The molecule has 1 saturated heterocycles. The van der Waals surface area contributed by atoms with Crippen LogP contribution in [0.4, 0.5) is 5.82 Å². The average molecular weight is 422 g/mol. The highest BCUT2D eigenvalue weighted by molar-refractivity contribution is 5.40. The first-order valence-electron chi connectivity index (χ1n) is 11.8. The molecule has 4 nitrogen and oxygen atoms in total. The van der Waals surface area contributed by atoms with E-state index in [2.05, 4.69) is 92.7 Å². The fraction of sp³-hybridized carbons (Fsp3) is 0.593. The molecule has 1 aliphatic carbocycles. The third kappa shape index (κ3) is 3.48. The van der Waals surface area contributed by atoms with E-state index in [1.165, 1.54) is 5.56 Å². The summed E-state index contributed by atoms with van der Waals surface area (Å²) >= 11 is 0. The Morgan fingerprint density at radius 3 is 2.06 bits per heavy atom. The predicted molar refractivity (Wildman–Crippen MR) is 128 cm³/mol. The van der Waals surface area contributed by atoms with Crippen LogP contribution < -0.4 is 4.90 Å². The molecule has 4 rings (SSSR count). The molecule has 1 saturated carbocycles. The van der Waals surface area contributed by atoms with Gasteiger partial charge in [0, 0.05) is 49.2 Å². The second kappa shape index (κ2) is 7.90. The van der Waals surface area contributed by atoms with Gasteiger partial charge < -0.3 is 10.0 Å². The first-order valence-corrected chi connectivity index (χ1v) is 11.8. The second-order valence-corrected chi connectivity index (χ2v) is 11.1. The van der Waals surface area contributed by atoms with Gasteiger partial charge in [0.2, 0.25) is 0 Å². The molecule has 2 aromatic rings. The number of anilines is 1. The molecule has 0 unspecified atom stereocenters. The Morgan fingerprint density at radius 2 is 1.55 bits per heavy atom. The summed E-state index contributed by atoms with van der Waals surface area (Å²) in [7, 11) is 0. The van der Waals surface area contributed by atoms with E-state index in [-0.39, 0.29) is 10.8 Å². The van der Waals surface area contributed by atoms with E-state index in [1.54, 1.807) is 0 Å².